The molecule has 2 unspecified atom stereocenters. The van der Waals surface area contributed by atoms with E-state index in [2.05, 4.69) is 13.8 Å². The normalized spacial score (nSPS) is 12.9. The van der Waals surface area contributed by atoms with Crippen LogP contribution in [0.1, 0.15) is 194 Å². The van der Waals surface area contributed by atoms with Crippen molar-refractivity contribution >= 4 is 17.9 Å². The molecular weight excluding hydrogens is 618 g/mol. The van der Waals surface area contributed by atoms with E-state index in [0.717, 1.165) is 38.5 Å². The van der Waals surface area contributed by atoms with E-state index in [1.807, 2.05) is 0 Å². The van der Waals surface area contributed by atoms with Crippen LogP contribution in [-0.4, -0.2) is 75.5 Å². The SMILES string of the molecule is CCCCCCCCCCCCCCCC(=O)OC(COCCC(C(=O)[O-])[N+](C)(C)C)COC(=O)CCCCCCCCCCCCCC. The van der Waals surface area contributed by atoms with Gasteiger partial charge in [0.2, 0.25) is 0 Å². The third-order valence-electron chi connectivity index (χ3n) is 9.49. The molecule has 8 nitrogen and oxygen atoms in total. The number of rotatable bonds is 37. The molecule has 0 aliphatic rings. The second-order valence-electron chi connectivity index (χ2n) is 15.2. The first-order valence-electron chi connectivity index (χ1n) is 20.6. The van der Waals surface area contributed by atoms with Crippen molar-refractivity contribution in [1.82, 2.24) is 0 Å². The Morgan fingerprint density at radius 3 is 1.27 bits per heavy atom. The summed E-state index contributed by atoms with van der Waals surface area (Å²) in [6.45, 7) is 4.67. The molecule has 0 aromatic carbocycles. The number of carbonyl (C=O) groups excluding carboxylic acids is 3. The van der Waals surface area contributed by atoms with Gasteiger partial charge in [-0.25, -0.2) is 0 Å². The summed E-state index contributed by atoms with van der Waals surface area (Å²) in [6.07, 6.45) is 31.1. The smallest absolute Gasteiger partial charge is 0.306 e. The van der Waals surface area contributed by atoms with Crippen molar-refractivity contribution in [3.63, 3.8) is 0 Å². The van der Waals surface area contributed by atoms with Gasteiger partial charge >= 0.3 is 11.9 Å². The lowest BCUT2D eigenvalue weighted by Gasteiger charge is -2.34. The van der Waals surface area contributed by atoms with Gasteiger partial charge in [-0.05, 0) is 12.8 Å². The molecule has 290 valence electrons. The van der Waals surface area contributed by atoms with Crippen molar-refractivity contribution in [3.8, 4) is 0 Å². The number of ether oxygens (including phenoxy) is 3. The van der Waals surface area contributed by atoms with Crippen LogP contribution in [0, 0.1) is 0 Å². The average Bonchev–Trinajstić information content (AvgIpc) is 3.05. The second-order valence-corrected chi connectivity index (χ2v) is 15.2. The number of carboxylic acid groups (broad SMARTS) is 1. The third-order valence-corrected chi connectivity index (χ3v) is 9.49. The maximum absolute atomic E-state index is 12.7. The zero-order valence-corrected chi connectivity index (χ0v) is 32.9. The van der Waals surface area contributed by atoms with E-state index < -0.39 is 18.1 Å². The van der Waals surface area contributed by atoms with Gasteiger partial charge in [0.25, 0.3) is 0 Å². The zero-order chi connectivity index (χ0) is 36.4. The predicted octanol–water partition coefficient (Wildman–Crippen LogP) is 9.25. The zero-order valence-electron chi connectivity index (χ0n) is 32.9. The molecule has 0 aromatic rings. The molecule has 0 amide bonds. The molecule has 0 aromatic heterocycles. The Balaban J connectivity index is 4.36. The molecule has 49 heavy (non-hydrogen) atoms. The van der Waals surface area contributed by atoms with E-state index in [4.69, 9.17) is 14.2 Å². The van der Waals surface area contributed by atoms with Crippen LogP contribution in [0.3, 0.4) is 0 Å². The lowest BCUT2D eigenvalue weighted by atomic mass is 10.0. The van der Waals surface area contributed by atoms with Crippen LogP contribution < -0.4 is 5.11 Å². The minimum Gasteiger partial charge on any atom is -0.544 e. The monoisotopic (exact) mass is 698 g/mol. The number of nitrogens with zero attached hydrogens (tertiary/aromatic N) is 1. The number of hydrogen-bond acceptors (Lipinski definition) is 7. The average molecular weight is 698 g/mol. The summed E-state index contributed by atoms with van der Waals surface area (Å²) in [5.41, 5.74) is 0. The Morgan fingerprint density at radius 1 is 0.531 bits per heavy atom. The maximum Gasteiger partial charge on any atom is 0.306 e. The fourth-order valence-corrected chi connectivity index (χ4v) is 6.25. The van der Waals surface area contributed by atoms with Crippen molar-refractivity contribution in [1.29, 1.82) is 0 Å². The Bertz CT molecular complexity index is 782. The van der Waals surface area contributed by atoms with Gasteiger partial charge in [0.05, 0.1) is 40.3 Å². The molecule has 0 aliphatic carbocycles. The van der Waals surface area contributed by atoms with Gasteiger partial charge in [-0.2, -0.15) is 0 Å². The molecule has 0 fully saturated rings. The second kappa shape index (κ2) is 33.5. The van der Waals surface area contributed by atoms with Gasteiger partial charge in [-0.15, -0.1) is 0 Å². The first kappa shape index (κ1) is 47.3. The number of likely N-dealkylation sites (N-methyl/N-ethyl adjacent to an activating group) is 1. The predicted molar refractivity (Wildman–Crippen MR) is 199 cm³/mol. The summed E-state index contributed by atoms with van der Waals surface area (Å²) in [6, 6.07) is -0.718. The van der Waals surface area contributed by atoms with Gasteiger partial charge in [0, 0.05) is 19.3 Å². The summed E-state index contributed by atoms with van der Waals surface area (Å²) in [4.78, 5) is 36.7. The van der Waals surface area contributed by atoms with Gasteiger partial charge in [0.1, 0.15) is 12.6 Å². The number of quaternary nitrogens is 1. The number of unbranched alkanes of at least 4 members (excludes halogenated alkanes) is 23. The summed E-state index contributed by atoms with van der Waals surface area (Å²) in [7, 11) is 5.41. The molecule has 0 saturated carbocycles. The largest absolute Gasteiger partial charge is 0.544 e. The molecule has 0 aliphatic heterocycles. The molecule has 0 bridgehead atoms. The summed E-state index contributed by atoms with van der Waals surface area (Å²) in [5, 5.41) is 11.6. The number of aliphatic carboxylic acids is 1. The third kappa shape index (κ3) is 32.0. The topological polar surface area (TPSA) is 102 Å². The van der Waals surface area contributed by atoms with E-state index >= 15 is 0 Å². The maximum atomic E-state index is 12.7. The van der Waals surface area contributed by atoms with Crippen molar-refractivity contribution in [2.24, 2.45) is 0 Å². The number of carbonyl (C=O) groups is 3. The Morgan fingerprint density at radius 2 is 0.898 bits per heavy atom. The molecule has 0 spiro atoms. The van der Waals surface area contributed by atoms with E-state index in [9.17, 15) is 19.5 Å². The minimum absolute atomic E-state index is 0.0487. The number of esters is 2. The minimum atomic E-state index is -1.12. The summed E-state index contributed by atoms with van der Waals surface area (Å²) in [5.74, 6) is -1.72. The van der Waals surface area contributed by atoms with E-state index in [-0.39, 0.29) is 42.7 Å². The lowest BCUT2D eigenvalue weighted by Crippen LogP contribution is -2.55. The van der Waals surface area contributed by atoms with Gasteiger partial charge < -0.3 is 28.6 Å². The molecule has 0 radical (unpaired) electrons. The van der Waals surface area contributed by atoms with Crippen LogP contribution in [0.2, 0.25) is 0 Å². The van der Waals surface area contributed by atoms with Crippen LogP contribution >= 0.6 is 0 Å². The summed E-state index contributed by atoms with van der Waals surface area (Å²) < 4.78 is 17.1. The van der Waals surface area contributed by atoms with E-state index in [0.29, 0.717) is 12.8 Å². The fourth-order valence-electron chi connectivity index (χ4n) is 6.25. The quantitative estimate of drug-likeness (QED) is 0.0362. The van der Waals surface area contributed by atoms with Crippen molar-refractivity contribution < 1.29 is 38.2 Å². The molecule has 8 heteroatoms. The molecule has 0 heterocycles. The number of hydrogen-bond donors (Lipinski definition) is 0. The first-order chi connectivity index (χ1) is 23.6. The van der Waals surface area contributed by atoms with Crippen molar-refractivity contribution in [2.45, 2.75) is 206 Å². The van der Waals surface area contributed by atoms with Gasteiger partial charge in [-0.3, -0.25) is 9.59 Å². The van der Waals surface area contributed by atoms with Crippen molar-refractivity contribution in [3.05, 3.63) is 0 Å². The Labute approximate surface area is 302 Å². The molecule has 0 N–H and O–H groups in total. The highest BCUT2D eigenvalue weighted by Gasteiger charge is 2.25. The van der Waals surface area contributed by atoms with Crippen molar-refractivity contribution in [2.75, 3.05) is 41.0 Å². The number of carboxylic acids is 1. The Hall–Kier alpha value is -1.67. The summed E-state index contributed by atoms with van der Waals surface area (Å²) >= 11 is 0. The molecule has 2 atom stereocenters. The van der Waals surface area contributed by atoms with Crippen LogP contribution in [0.4, 0.5) is 0 Å². The molecule has 0 rings (SSSR count). The standard InChI is InChI=1S/C41H79NO7/c1-6-8-10-12-14-16-18-20-22-24-26-28-30-32-40(44)49-37(35-47-34-33-38(41(45)46)42(3,4)5)36-48-39(43)31-29-27-25-23-21-19-17-15-13-11-9-7-2/h37-38H,6-36H2,1-5H3. The van der Waals surface area contributed by atoms with Crippen LogP contribution in [-0.2, 0) is 28.6 Å². The van der Waals surface area contributed by atoms with Crippen LogP contribution in [0.25, 0.3) is 0 Å². The van der Waals surface area contributed by atoms with Crippen LogP contribution in [0.15, 0.2) is 0 Å². The fraction of sp³-hybridized carbons (Fsp3) is 0.927. The first-order valence-corrected chi connectivity index (χ1v) is 20.6. The highest BCUT2D eigenvalue weighted by molar-refractivity contribution is 5.70. The van der Waals surface area contributed by atoms with Gasteiger partial charge in [0.15, 0.2) is 6.10 Å². The van der Waals surface area contributed by atoms with E-state index in [1.165, 1.54) is 122 Å². The van der Waals surface area contributed by atoms with Gasteiger partial charge in [-0.1, -0.05) is 162 Å². The Kier molecular flexibility index (Phi) is 32.3. The van der Waals surface area contributed by atoms with Crippen LogP contribution in [0.5, 0.6) is 0 Å². The highest BCUT2D eigenvalue weighted by Crippen LogP contribution is 2.15. The highest BCUT2D eigenvalue weighted by atomic mass is 16.6. The van der Waals surface area contributed by atoms with E-state index in [1.54, 1.807) is 21.1 Å². The molecular formula is C41H79NO7. The molecule has 0 saturated heterocycles. The lowest BCUT2D eigenvalue weighted by molar-refractivity contribution is -0.889.